The highest BCUT2D eigenvalue weighted by Crippen LogP contribution is 2.30. The molecule has 6 heteroatoms. The Labute approximate surface area is 105 Å². The molecule has 0 bridgehead atoms. The lowest BCUT2D eigenvalue weighted by Gasteiger charge is -2.20. The highest BCUT2D eigenvalue weighted by molar-refractivity contribution is 7.97. The molecule has 1 aromatic carbocycles. The van der Waals surface area contributed by atoms with Crippen molar-refractivity contribution in [1.82, 2.24) is 0 Å². The van der Waals surface area contributed by atoms with Gasteiger partial charge < -0.3 is 4.18 Å². The lowest BCUT2D eigenvalue weighted by atomic mass is 10.1. The fourth-order valence-corrected chi connectivity index (χ4v) is 2.07. The molecule has 18 heavy (non-hydrogen) atoms. The van der Waals surface area contributed by atoms with Crippen LogP contribution in [-0.2, 0) is 9.80 Å². The molecule has 0 aliphatic heterocycles. The second-order valence-corrected chi connectivity index (χ2v) is 6.22. The fourth-order valence-electron chi connectivity index (χ4n) is 1.39. The molecule has 1 aromatic rings. The second kappa shape index (κ2) is 4.68. The lowest BCUT2D eigenvalue weighted by Crippen LogP contribution is -2.29. The van der Waals surface area contributed by atoms with E-state index in [1.165, 1.54) is 12.1 Å². The lowest BCUT2D eigenvalue weighted by molar-refractivity contribution is 0.111. The van der Waals surface area contributed by atoms with Crippen molar-refractivity contribution < 1.29 is 22.0 Å². The van der Waals surface area contributed by atoms with Crippen LogP contribution in [0, 0.1) is 13.8 Å². The predicted octanol–water partition coefficient (Wildman–Crippen LogP) is 2.74. The van der Waals surface area contributed by atoms with Gasteiger partial charge in [-0.25, -0.2) is 4.21 Å². The van der Waals surface area contributed by atoms with E-state index in [2.05, 4.69) is 5.87 Å². The SMILES string of the molecule is C=S(=O)(Oc1c(C)cc(C=O)cc1C)C(C)(F)F. The number of carbonyl (C=O) groups excluding carboxylic acids is 1. The minimum Gasteiger partial charge on any atom is -0.404 e. The summed E-state index contributed by atoms with van der Waals surface area (Å²) in [5, 5.41) is -3.55. The quantitative estimate of drug-likeness (QED) is 0.627. The summed E-state index contributed by atoms with van der Waals surface area (Å²) in [6, 6.07) is 2.94. The van der Waals surface area contributed by atoms with Crippen LogP contribution in [0.25, 0.3) is 0 Å². The molecular formula is C12H14F2O3S. The number of aryl methyl sites for hydroxylation is 2. The first-order chi connectivity index (χ1) is 8.08. The van der Waals surface area contributed by atoms with Crippen molar-refractivity contribution >= 4 is 22.0 Å². The van der Waals surface area contributed by atoms with Crippen LogP contribution in [0.1, 0.15) is 28.4 Å². The van der Waals surface area contributed by atoms with E-state index in [1.807, 2.05) is 0 Å². The van der Waals surface area contributed by atoms with Gasteiger partial charge in [0.2, 0.25) is 0 Å². The van der Waals surface area contributed by atoms with Gasteiger partial charge in [0, 0.05) is 12.5 Å². The first-order valence-electron chi connectivity index (χ1n) is 5.09. The molecule has 0 spiro atoms. The van der Waals surface area contributed by atoms with Crippen molar-refractivity contribution in [2.24, 2.45) is 0 Å². The Morgan fingerprint density at radius 3 is 2.11 bits per heavy atom. The summed E-state index contributed by atoms with van der Waals surface area (Å²) in [6.45, 7) is 3.66. The van der Waals surface area contributed by atoms with E-state index in [-0.39, 0.29) is 5.75 Å². The molecule has 0 aromatic heterocycles. The Morgan fingerprint density at radius 2 is 1.78 bits per heavy atom. The van der Waals surface area contributed by atoms with Crippen LogP contribution in [0.15, 0.2) is 12.1 Å². The summed E-state index contributed by atoms with van der Waals surface area (Å²) >= 11 is 0. The summed E-state index contributed by atoms with van der Waals surface area (Å²) < 4.78 is 42.7. The van der Waals surface area contributed by atoms with Gasteiger partial charge in [-0.3, -0.25) is 4.79 Å². The van der Waals surface area contributed by atoms with Crippen LogP contribution in [-0.4, -0.2) is 21.6 Å². The highest BCUT2D eigenvalue weighted by atomic mass is 32.2. The molecule has 0 N–H and O–H groups in total. The normalized spacial score (nSPS) is 14.9. The first-order valence-corrected chi connectivity index (χ1v) is 6.74. The summed E-state index contributed by atoms with van der Waals surface area (Å²) in [5.74, 6) is 3.02. The smallest absolute Gasteiger partial charge is 0.342 e. The molecule has 1 atom stereocenters. The summed E-state index contributed by atoms with van der Waals surface area (Å²) in [5.41, 5.74) is 1.31. The second-order valence-electron chi connectivity index (χ2n) is 4.11. The van der Waals surface area contributed by atoms with Crippen LogP contribution in [0.4, 0.5) is 8.78 Å². The number of alkyl halides is 2. The van der Waals surface area contributed by atoms with E-state index in [9.17, 15) is 17.8 Å². The maximum atomic E-state index is 13.1. The van der Waals surface area contributed by atoms with Gasteiger partial charge in [-0.05, 0) is 43.0 Å². The zero-order chi connectivity index (χ0) is 14.1. The Balaban J connectivity index is 3.26. The standard InChI is InChI=1S/C12H14F2O3S/c1-8-5-10(7-15)6-9(2)11(8)17-18(4,16)12(3,13)14/h5-7H,4H2,1-3H3. The van der Waals surface area contributed by atoms with Crippen molar-refractivity contribution in [3.8, 4) is 5.75 Å². The Kier molecular flexibility index (Phi) is 3.81. The largest absolute Gasteiger partial charge is 0.404 e. The first kappa shape index (κ1) is 14.6. The summed E-state index contributed by atoms with van der Waals surface area (Å²) in [7, 11) is -4.04. The summed E-state index contributed by atoms with van der Waals surface area (Å²) in [6.07, 6.45) is 0.639. The number of halogens is 2. The molecule has 0 heterocycles. The molecule has 0 radical (unpaired) electrons. The summed E-state index contributed by atoms with van der Waals surface area (Å²) in [4.78, 5) is 10.6. The number of benzene rings is 1. The molecule has 0 amide bonds. The zero-order valence-corrected chi connectivity index (χ0v) is 11.1. The van der Waals surface area contributed by atoms with E-state index in [0.29, 0.717) is 29.9 Å². The molecule has 0 fully saturated rings. The van der Waals surface area contributed by atoms with Crippen molar-refractivity contribution in [2.75, 3.05) is 0 Å². The zero-order valence-electron chi connectivity index (χ0n) is 10.3. The molecular weight excluding hydrogens is 262 g/mol. The van der Waals surface area contributed by atoms with Crippen molar-refractivity contribution in [3.63, 3.8) is 0 Å². The van der Waals surface area contributed by atoms with Crippen molar-refractivity contribution in [1.29, 1.82) is 0 Å². The molecule has 1 unspecified atom stereocenters. The highest BCUT2D eigenvalue weighted by Gasteiger charge is 2.36. The molecule has 100 valence electrons. The van der Waals surface area contributed by atoms with E-state index < -0.39 is 15.1 Å². The Morgan fingerprint density at radius 1 is 1.33 bits per heavy atom. The van der Waals surface area contributed by atoms with Gasteiger partial charge in [0.05, 0.1) is 0 Å². The topological polar surface area (TPSA) is 43.4 Å². The van der Waals surface area contributed by atoms with Gasteiger partial charge in [0.15, 0.2) is 9.80 Å². The minimum absolute atomic E-state index is 0.0714. The van der Waals surface area contributed by atoms with Gasteiger partial charge in [0.1, 0.15) is 12.0 Å². The molecule has 3 nitrogen and oxygen atoms in total. The molecule has 1 rings (SSSR count). The number of hydrogen-bond donors (Lipinski definition) is 0. The van der Waals surface area contributed by atoms with E-state index in [4.69, 9.17) is 4.18 Å². The third-order valence-electron chi connectivity index (χ3n) is 2.38. The third-order valence-corrected chi connectivity index (χ3v) is 3.91. The molecule has 0 aliphatic rings. The van der Waals surface area contributed by atoms with Gasteiger partial charge >= 0.3 is 5.25 Å². The number of hydrogen-bond acceptors (Lipinski definition) is 3. The fraction of sp³-hybridized carbons (Fsp3) is 0.333. The Hall–Kier alpha value is -1.43. The average molecular weight is 276 g/mol. The van der Waals surface area contributed by atoms with Crippen LogP contribution in [0.3, 0.4) is 0 Å². The van der Waals surface area contributed by atoms with Crippen LogP contribution in [0.5, 0.6) is 5.75 Å². The number of aldehydes is 1. The van der Waals surface area contributed by atoms with Crippen molar-refractivity contribution in [2.45, 2.75) is 26.0 Å². The van der Waals surface area contributed by atoms with Crippen LogP contribution >= 0.6 is 0 Å². The molecule has 0 aliphatic carbocycles. The third kappa shape index (κ3) is 2.87. The maximum Gasteiger partial charge on any atom is 0.342 e. The van der Waals surface area contributed by atoms with Crippen LogP contribution in [0.2, 0.25) is 0 Å². The van der Waals surface area contributed by atoms with E-state index in [1.54, 1.807) is 13.8 Å². The van der Waals surface area contributed by atoms with E-state index in [0.717, 1.165) is 0 Å². The van der Waals surface area contributed by atoms with Crippen LogP contribution < -0.4 is 4.18 Å². The van der Waals surface area contributed by atoms with Gasteiger partial charge in [-0.2, -0.15) is 8.78 Å². The Bertz CT molecular complexity index is 548. The monoisotopic (exact) mass is 276 g/mol. The number of rotatable bonds is 4. The predicted molar refractivity (Wildman–Crippen MR) is 67.8 cm³/mol. The van der Waals surface area contributed by atoms with Gasteiger partial charge in [0.25, 0.3) is 0 Å². The average Bonchev–Trinajstić information content (AvgIpc) is 2.21. The van der Waals surface area contributed by atoms with Crippen molar-refractivity contribution in [3.05, 3.63) is 28.8 Å². The van der Waals surface area contributed by atoms with Gasteiger partial charge in [-0.1, -0.05) is 0 Å². The number of carbonyl (C=O) groups is 1. The van der Waals surface area contributed by atoms with Gasteiger partial charge in [-0.15, -0.1) is 0 Å². The van der Waals surface area contributed by atoms with E-state index >= 15 is 0 Å². The maximum absolute atomic E-state index is 13.1. The minimum atomic E-state index is -4.04. The molecule has 0 saturated heterocycles. The molecule has 0 saturated carbocycles.